The predicted molar refractivity (Wildman–Crippen MR) is 129 cm³/mol. The summed E-state index contributed by atoms with van der Waals surface area (Å²) < 4.78 is 37.9. The Morgan fingerprint density at radius 2 is 2.00 bits per heavy atom. The van der Waals surface area contributed by atoms with Crippen LogP contribution in [0.25, 0.3) is 0 Å². The zero-order valence-corrected chi connectivity index (χ0v) is 21.1. The van der Waals surface area contributed by atoms with Crippen LogP contribution in [0.3, 0.4) is 0 Å². The minimum atomic E-state index is -3.89. The number of carbonyl (C=O) groups is 2. The number of benzene rings is 1. The quantitative estimate of drug-likeness (QED) is 0.622. The highest BCUT2D eigenvalue weighted by molar-refractivity contribution is 7.89. The SMILES string of the molecule is CCOC(=O)N1CCc2c(sc(NC(=O)C3CCCN3S(=O)(=O)c3ccc(OC)cc3)c2C#N)C1. The number of hydrogen-bond donors (Lipinski definition) is 1. The molecule has 2 aliphatic rings. The maximum Gasteiger partial charge on any atom is 0.410 e. The van der Waals surface area contributed by atoms with E-state index in [0.717, 1.165) is 10.4 Å². The highest BCUT2D eigenvalue weighted by atomic mass is 32.2. The second-order valence-electron chi connectivity index (χ2n) is 8.13. The van der Waals surface area contributed by atoms with E-state index in [-0.39, 0.29) is 18.0 Å². The summed E-state index contributed by atoms with van der Waals surface area (Å²) in [5.41, 5.74) is 1.17. The highest BCUT2D eigenvalue weighted by Crippen LogP contribution is 2.37. The Morgan fingerprint density at radius 1 is 1.26 bits per heavy atom. The number of ether oxygens (including phenoxy) is 2. The first-order chi connectivity index (χ1) is 16.8. The summed E-state index contributed by atoms with van der Waals surface area (Å²) in [6.45, 7) is 2.95. The lowest BCUT2D eigenvalue weighted by atomic mass is 10.0. The number of methoxy groups -OCH3 is 1. The first-order valence-electron chi connectivity index (χ1n) is 11.2. The fourth-order valence-corrected chi connectivity index (χ4v) is 7.22. The van der Waals surface area contributed by atoms with Crippen LogP contribution in [0.2, 0.25) is 0 Å². The number of sulfonamides is 1. The molecule has 1 fully saturated rings. The summed E-state index contributed by atoms with van der Waals surface area (Å²) in [4.78, 5) is 27.8. The van der Waals surface area contributed by atoms with Crippen LogP contribution in [-0.2, 0) is 32.5 Å². The fraction of sp³-hybridized carbons (Fsp3) is 0.435. The number of thiophene rings is 1. The molecule has 0 radical (unpaired) electrons. The van der Waals surface area contributed by atoms with Crippen molar-refractivity contribution in [3.8, 4) is 11.8 Å². The minimum Gasteiger partial charge on any atom is -0.497 e. The molecule has 2 aromatic rings. The topological polar surface area (TPSA) is 129 Å². The maximum absolute atomic E-state index is 13.2. The molecule has 10 nitrogen and oxygen atoms in total. The van der Waals surface area contributed by atoms with Crippen molar-refractivity contribution in [1.82, 2.24) is 9.21 Å². The van der Waals surface area contributed by atoms with Crippen molar-refractivity contribution in [3.05, 3.63) is 40.3 Å². The third kappa shape index (κ3) is 4.84. The van der Waals surface area contributed by atoms with Gasteiger partial charge in [-0.25, -0.2) is 13.2 Å². The van der Waals surface area contributed by atoms with E-state index in [4.69, 9.17) is 9.47 Å². The van der Waals surface area contributed by atoms with Crippen LogP contribution in [0.1, 0.15) is 35.8 Å². The van der Waals surface area contributed by atoms with E-state index < -0.39 is 28.1 Å². The van der Waals surface area contributed by atoms with E-state index >= 15 is 0 Å². The molecule has 0 spiro atoms. The molecular weight excluding hydrogens is 492 g/mol. The van der Waals surface area contributed by atoms with Crippen molar-refractivity contribution in [3.63, 3.8) is 0 Å². The van der Waals surface area contributed by atoms with Crippen molar-refractivity contribution in [2.24, 2.45) is 0 Å². The van der Waals surface area contributed by atoms with Gasteiger partial charge in [0, 0.05) is 18.0 Å². The van der Waals surface area contributed by atoms with Gasteiger partial charge < -0.3 is 19.7 Å². The number of nitrogens with zero attached hydrogens (tertiary/aromatic N) is 3. The van der Waals surface area contributed by atoms with Crippen molar-refractivity contribution in [1.29, 1.82) is 5.26 Å². The first kappa shape index (κ1) is 25.0. The average molecular weight is 519 g/mol. The molecule has 35 heavy (non-hydrogen) atoms. The van der Waals surface area contributed by atoms with Gasteiger partial charge in [0.2, 0.25) is 15.9 Å². The number of nitrogens with one attached hydrogen (secondary N) is 1. The second kappa shape index (κ2) is 10.2. The largest absolute Gasteiger partial charge is 0.497 e. The maximum atomic E-state index is 13.2. The summed E-state index contributed by atoms with van der Waals surface area (Å²) in [5, 5.41) is 12.9. The van der Waals surface area contributed by atoms with E-state index in [9.17, 15) is 23.3 Å². The molecule has 0 aliphatic carbocycles. The molecular formula is C23H26N4O6S2. The van der Waals surface area contributed by atoms with Gasteiger partial charge in [-0.05, 0) is 56.0 Å². The number of nitriles is 1. The van der Waals surface area contributed by atoms with E-state index in [2.05, 4.69) is 11.4 Å². The van der Waals surface area contributed by atoms with Gasteiger partial charge in [0.1, 0.15) is 22.9 Å². The summed E-state index contributed by atoms with van der Waals surface area (Å²) in [7, 11) is -2.40. The summed E-state index contributed by atoms with van der Waals surface area (Å²) in [6, 6.07) is 7.32. The Kier molecular flexibility index (Phi) is 7.30. The van der Waals surface area contributed by atoms with E-state index in [1.807, 2.05) is 0 Å². The van der Waals surface area contributed by atoms with E-state index in [0.29, 0.717) is 48.7 Å². The molecule has 186 valence electrons. The summed E-state index contributed by atoms with van der Waals surface area (Å²) in [6.07, 6.45) is 0.991. The summed E-state index contributed by atoms with van der Waals surface area (Å²) in [5.74, 6) is 0.0591. The van der Waals surface area contributed by atoms with E-state index in [1.165, 1.54) is 34.9 Å². The zero-order chi connectivity index (χ0) is 25.2. The van der Waals surface area contributed by atoms with Crippen LogP contribution in [0.5, 0.6) is 5.75 Å². The number of amides is 2. The lowest BCUT2D eigenvalue weighted by Gasteiger charge is -2.25. The lowest BCUT2D eigenvalue weighted by molar-refractivity contribution is -0.119. The molecule has 0 saturated carbocycles. The van der Waals surface area contributed by atoms with Gasteiger partial charge in [0.15, 0.2) is 0 Å². The van der Waals surface area contributed by atoms with Crippen molar-refractivity contribution < 1.29 is 27.5 Å². The van der Waals surface area contributed by atoms with E-state index in [1.54, 1.807) is 24.0 Å². The minimum absolute atomic E-state index is 0.0846. The van der Waals surface area contributed by atoms with Gasteiger partial charge in [-0.2, -0.15) is 9.57 Å². The van der Waals surface area contributed by atoms with Crippen LogP contribution in [0.15, 0.2) is 29.2 Å². The molecule has 1 N–H and O–H groups in total. The smallest absolute Gasteiger partial charge is 0.410 e. The third-order valence-corrected chi connectivity index (χ3v) is 9.16. The molecule has 1 unspecified atom stereocenters. The first-order valence-corrected chi connectivity index (χ1v) is 13.5. The number of fused-ring (bicyclic) bond motifs is 1. The fourth-order valence-electron chi connectivity index (χ4n) is 4.35. The number of hydrogen-bond acceptors (Lipinski definition) is 8. The Hall–Kier alpha value is -3.14. The van der Waals surface area contributed by atoms with Gasteiger partial charge >= 0.3 is 6.09 Å². The number of rotatable bonds is 6. The monoisotopic (exact) mass is 518 g/mol. The van der Waals surface area contributed by atoms with Crippen LogP contribution < -0.4 is 10.1 Å². The van der Waals surface area contributed by atoms with Gasteiger partial charge in [-0.1, -0.05) is 0 Å². The molecule has 4 rings (SSSR count). The van der Waals surface area contributed by atoms with Crippen LogP contribution in [0.4, 0.5) is 9.80 Å². The van der Waals surface area contributed by atoms with Crippen LogP contribution >= 0.6 is 11.3 Å². The molecule has 3 heterocycles. The standard InChI is InChI=1S/C23H26N4O6S2/c1-3-33-23(29)26-12-10-17-18(13-24)22(34-20(17)14-26)25-21(28)19-5-4-11-27(19)35(30,31)16-8-6-15(32-2)7-9-16/h6-9,19H,3-5,10-12,14H2,1-2H3,(H,25,28). The van der Waals surface area contributed by atoms with Crippen molar-refractivity contribution in [2.75, 3.05) is 32.1 Å². The molecule has 2 amide bonds. The Bertz CT molecular complexity index is 1270. The van der Waals surface area contributed by atoms with Gasteiger partial charge in [-0.3, -0.25) is 4.79 Å². The second-order valence-corrected chi connectivity index (χ2v) is 11.1. The van der Waals surface area contributed by atoms with Crippen molar-refractivity contribution >= 4 is 38.4 Å². The number of carbonyl (C=O) groups excluding carboxylic acids is 2. The third-order valence-electron chi connectivity index (χ3n) is 6.10. The molecule has 1 saturated heterocycles. The van der Waals surface area contributed by atoms with Gasteiger partial charge in [0.05, 0.1) is 30.7 Å². The Labute approximate surface area is 208 Å². The lowest BCUT2D eigenvalue weighted by Crippen LogP contribution is -2.43. The Balaban J connectivity index is 1.53. The molecule has 1 atom stereocenters. The molecule has 12 heteroatoms. The molecule has 2 aliphatic heterocycles. The predicted octanol–water partition coefficient (Wildman–Crippen LogP) is 2.93. The van der Waals surface area contributed by atoms with Gasteiger partial charge in [-0.15, -0.1) is 11.3 Å². The van der Waals surface area contributed by atoms with Gasteiger partial charge in [0.25, 0.3) is 0 Å². The zero-order valence-electron chi connectivity index (χ0n) is 19.4. The van der Waals surface area contributed by atoms with Crippen LogP contribution in [0, 0.1) is 11.3 Å². The normalized spacial score (nSPS) is 18.0. The highest BCUT2D eigenvalue weighted by Gasteiger charge is 2.40. The van der Waals surface area contributed by atoms with Crippen LogP contribution in [-0.4, -0.2) is 62.5 Å². The molecule has 0 bridgehead atoms. The molecule has 1 aromatic carbocycles. The summed E-state index contributed by atoms with van der Waals surface area (Å²) >= 11 is 1.24. The Morgan fingerprint density at radius 3 is 2.66 bits per heavy atom. The number of anilines is 1. The molecule has 1 aromatic heterocycles. The average Bonchev–Trinajstić information content (AvgIpc) is 3.49. The van der Waals surface area contributed by atoms with Crippen molar-refractivity contribution in [2.45, 2.75) is 43.7 Å².